The number of nitrogens with zero attached hydrogens (tertiary/aromatic N) is 2. The minimum atomic E-state index is -0.521. The molecule has 1 aromatic carbocycles. The highest BCUT2D eigenvalue weighted by Crippen LogP contribution is 2.16. The molecule has 0 radical (unpaired) electrons. The van der Waals surface area contributed by atoms with Crippen molar-refractivity contribution in [3.8, 4) is 0 Å². The van der Waals surface area contributed by atoms with Crippen LogP contribution in [-0.2, 0) is 6.54 Å². The number of aliphatic hydroxyl groups is 1. The quantitative estimate of drug-likeness (QED) is 0.939. The van der Waals surface area contributed by atoms with Gasteiger partial charge in [-0.3, -0.25) is 4.68 Å². The van der Waals surface area contributed by atoms with E-state index in [4.69, 9.17) is 0 Å². The van der Waals surface area contributed by atoms with E-state index in [0.29, 0.717) is 6.54 Å². The Morgan fingerprint density at radius 3 is 2.62 bits per heavy atom. The van der Waals surface area contributed by atoms with E-state index in [0.717, 1.165) is 10.0 Å². The third-order valence-electron chi connectivity index (χ3n) is 2.42. The van der Waals surface area contributed by atoms with Crippen LogP contribution in [0, 0.1) is 6.92 Å². The Morgan fingerprint density at radius 1 is 1.38 bits per heavy atom. The molecular formula is C12H13BrN2O. The molecule has 0 fully saturated rings. The maximum Gasteiger partial charge on any atom is 0.0985 e. The highest BCUT2D eigenvalue weighted by atomic mass is 79.9. The summed E-state index contributed by atoms with van der Waals surface area (Å²) < 4.78 is 2.64. The van der Waals surface area contributed by atoms with Gasteiger partial charge in [0.2, 0.25) is 0 Å². The average molecular weight is 281 g/mol. The molecule has 0 aliphatic rings. The van der Waals surface area contributed by atoms with Gasteiger partial charge >= 0.3 is 0 Å². The van der Waals surface area contributed by atoms with Crippen molar-refractivity contribution in [3.05, 3.63) is 52.3 Å². The molecule has 84 valence electrons. The van der Waals surface area contributed by atoms with E-state index < -0.39 is 6.10 Å². The maximum absolute atomic E-state index is 10.00. The van der Waals surface area contributed by atoms with Crippen LogP contribution >= 0.6 is 15.9 Å². The SMILES string of the molecule is Cc1ccc(C(O)Cn2cc(Br)cn2)cc1. The van der Waals surface area contributed by atoms with Crippen LogP contribution < -0.4 is 0 Å². The van der Waals surface area contributed by atoms with Crippen molar-refractivity contribution in [1.82, 2.24) is 9.78 Å². The molecule has 3 nitrogen and oxygen atoms in total. The minimum Gasteiger partial charge on any atom is -0.386 e. The lowest BCUT2D eigenvalue weighted by atomic mass is 10.1. The topological polar surface area (TPSA) is 38.0 Å². The van der Waals surface area contributed by atoms with Crippen LogP contribution in [0.15, 0.2) is 41.1 Å². The molecule has 1 aromatic heterocycles. The molecule has 1 unspecified atom stereocenters. The van der Waals surface area contributed by atoms with Gasteiger partial charge in [0.1, 0.15) is 0 Å². The van der Waals surface area contributed by atoms with Crippen LogP contribution in [0.4, 0.5) is 0 Å². The Hall–Kier alpha value is -1.13. The molecule has 4 heteroatoms. The number of aliphatic hydroxyl groups excluding tert-OH is 1. The van der Waals surface area contributed by atoms with Crippen LogP contribution in [0.25, 0.3) is 0 Å². The summed E-state index contributed by atoms with van der Waals surface area (Å²) in [5, 5.41) is 14.1. The zero-order chi connectivity index (χ0) is 11.5. The van der Waals surface area contributed by atoms with Crippen LogP contribution in [-0.4, -0.2) is 14.9 Å². The first-order valence-electron chi connectivity index (χ1n) is 5.08. The van der Waals surface area contributed by atoms with Crippen LogP contribution in [0.5, 0.6) is 0 Å². The number of aryl methyl sites for hydroxylation is 1. The molecule has 0 aliphatic heterocycles. The average Bonchev–Trinajstić information content (AvgIpc) is 2.65. The molecule has 1 heterocycles. The molecule has 0 bridgehead atoms. The lowest BCUT2D eigenvalue weighted by molar-refractivity contribution is 0.151. The predicted molar refractivity (Wildman–Crippen MR) is 66.1 cm³/mol. The molecule has 1 N–H and O–H groups in total. The number of hydrogen-bond acceptors (Lipinski definition) is 2. The molecule has 2 rings (SSSR count). The number of hydrogen-bond donors (Lipinski definition) is 1. The van der Waals surface area contributed by atoms with Crippen molar-refractivity contribution in [1.29, 1.82) is 0 Å². The third-order valence-corrected chi connectivity index (χ3v) is 2.83. The second kappa shape index (κ2) is 4.80. The molecule has 0 spiro atoms. The van der Waals surface area contributed by atoms with E-state index in [1.54, 1.807) is 10.9 Å². The number of halogens is 1. The summed E-state index contributed by atoms with van der Waals surface area (Å²) in [4.78, 5) is 0. The van der Waals surface area contributed by atoms with Gasteiger partial charge in [0.05, 0.1) is 23.3 Å². The Morgan fingerprint density at radius 2 is 2.06 bits per heavy atom. The van der Waals surface area contributed by atoms with Crippen LogP contribution in [0.1, 0.15) is 17.2 Å². The first-order valence-corrected chi connectivity index (χ1v) is 5.87. The van der Waals surface area contributed by atoms with Crippen molar-refractivity contribution in [2.24, 2.45) is 0 Å². The van der Waals surface area contributed by atoms with Crippen LogP contribution in [0.3, 0.4) is 0 Å². The Bertz CT molecular complexity index is 464. The zero-order valence-corrected chi connectivity index (χ0v) is 10.6. The van der Waals surface area contributed by atoms with Gasteiger partial charge in [-0.25, -0.2) is 0 Å². The van der Waals surface area contributed by atoms with E-state index in [1.165, 1.54) is 5.56 Å². The van der Waals surface area contributed by atoms with Gasteiger partial charge in [-0.2, -0.15) is 5.10 Å². The highest BCUT2D eigenvalue weighted by Gasteiger charge is 2.08. The fourth-order valence-electron chi connectivity index (χ4n) is 1.51. The zero-order valence-electron chi connectivity index (χ0n) is 8.97. The fourth-order valence-corrected chi connectivity index (χ4v) is 1.84. The number of aromatic nitrogens is 2. The normalized spacial score (nSPS) is 12.7. The second-order valence-corrected chi connectivity index (χ2v) is 4.72. The second-order valence-electron chi connectivity index (χ2n) is 3.81. The minimum absolute atomic E-state index is 0.467. The van der Waals surface area contributed by atoms with E-state index in [9.17, 15) is 5.11 Å². The summed E-state index contributed by atoms with van der Waals surface area (Å²) >= 11 is 3.32. The molecule has 0 amide bonds. The molecule has 2 aromatic rings. The van der Waals surface area contributed by atoms with Crippen molar-refractivity contribution < 1.29 is 5.11 Å². The van der Waals surface area contributed by atoms with E-state index in [2.05, 4.69) is 21.0 Å². The van der Waals surface area contributed by atoms with Gasteiger partial charge in [-0.1, -0.05) is 29.8 Å². The Kier molecular flexibility index (Phi) is 3.41. The van der Waals surface area contributed by atoms with E-state index in [-0.39, 0.29) is 0 Å². The summed E-state index contributed by atoms with van der Waals surface area (Å²) in [7, 11) is 0. The van der Waals surface area contributed by atoms with Gasteiger partial charge in [0, 0.05) is 6.20 Å². The largest absolute Gasteiger partial charge is 0.386 e. The van der Waals surface area contributed by atoms with Crippen LogP contribution in [0.2, 0.25) is 0 Å². The molecule has 1 atom stereocenters. The monoisotopic (exact) mass is 280 g/mol. The van der Waals surface area contributed by atoms with E-state index in [1.807, 2.05) is 37.4 Å². The summed E-state index contributed by atoms with van der Waals surface area (Å²) in [6, 6.07) is 7.88. The molecule has 0 saturated carbocycles. The summed E-state index contributed by atoms with van der Waals surface area (Å²) in [5.41, 5.74) is 2.11. The lowest BCUT2D eigenvalue weighted by Crippen LogP contribution is -2.08. The molecule has 0 aliphatic carbocycles. The van der Waals surface area contributed by atoms with Gasteiger partial charge < -0.3 is 5.11 Å². The van der Waals surface area contributed by atoms with Gasteiger partial charge in [-0.15, -0.1) is 0 Å². The standard InChI is InChI=1S/C12H13BrN2O/c1-9-2-4-10(5-3-9)12(16)8-15-7-11(13)6-14-15/h2-7,12,16H,8H2,1H3. The smallest absolute Gasteiger partial charge is 0.0985 e. The van der Waals surface area contributed by atoms with Gasteiger partial charge in [0.25, 0.3) is 0 Å². The van der Waals surface area contributed by atoms with Gasteiger partial charge in [0.15, 0.2) is 0 Å². The van der Waals surface area contributed by atoms with Crippen molar-refractivity contribution in [3.63, 3.8) is 0 Å². The summed E-state index contributed by atoms with van der Waals surface area (Å²) in [6.45, 7) is 2.50. The number of rotatable bonds is 3. The highest BCUT2D eigenvalue weighted by molar-refractivity contribution is 9.10. The lowest BCUT2D eigenvalue weighted by Gasteiger charge is -2.11. The van der Waals surface area contributed by atoms with Crippen molar-refractivity contribution in [2.75, 3.05) is 0 Å². The first kappa shape index (κ1) is 11.4. The third kappa shape index (κ3) is 2.71. The molecular weight excluding hydrogens is 268 g/mol. The maximum atomic E-state index is 10.00. The first-order chi connectivity index (χ1) is 7.65. The Labute approximate surface area is 103 Å². The van der Waals surface area contributed by atoms with Crippen molar-refractivity contribution >= 4 is 15.9 Å². The molecule has 16 heavy (non-hydrogen) atoms. The van der Waals surface area contributed by atoms with E-state index >= 15 is 0 Å². The predicted octanol–water partition coefficient (Wildman–Crippen LogP) is 2.69. The molecule has 0 saturated heterocycles. The summed E-state index contributed by atoms with van der Waals surface area (Å²) in [5.74, 6) is 0. The number of benzene rings is 1. The fraction of sp³-hybridized carbons (Fsp3) is 0.250. The Balaban J connectivity index is 2.08. The van der Waals surface area contributed by atoms with Gasteiger partial charge in [-0.05, 0) is 28.4 Å². The van der Waals surface area contributed by atoms with Crippen molar-refractivity contribution in [2.45, 2.75) is 19.6 Å². The summed E-state index contributed by atoms with van der Waals surface area (Å²) in [6.07, 6.45) is 3.03.